The smallest absolute Gasteiger partial charge is 0.322 e. The van der Waals surface area contributed by atoms with Crippen molar-refractivity contribution in [3.8, 4) is 0 Å². The average Bonchev–Trinajstić information content (AvgIpc) is 2.44. The highest BCUT2D eigenvalue weighted by molar-refractivity contribution is 5.95. The number of fused-ring (bicyclic) bond motifs is 1. The number of amides is 2. The quantitative estimate of drug-likeness (QED) is 0.814. The van der Waals surface area contributed by atoms with Gasteiger partial charge in [-0.1, -0.05) is 48.5 Å². The summed E-state index contributed by atoms with van der Waals surface area (Å²) < 4.78 is 0. The van der Waals surface area contributed by atoms with Gasteiger partial charge in [0, 0.05) is 12.6 Å². The van der Waals surface area contributed by atoms with E-state index in [1.807, 2.05) is 48.5 Å². The van der Waals surface area contributed by atoms with Crippen LogP contribution in [0.15, 0.2) is 54.6 Å². The monoisotopic (exact) mass is 238 g/mol. The van der Waals surface area contributed by atoms with E-state index < -0.39 is 0 Å². The van der Waals surface area contributed by atoms with Gasteiger partial charge in [-0.25, -0.2) is 4.79 Å². The molecule has 0 saturated heterocycles. The van der Waals surface area contributed by atoms with Gasteiger partial charge in [0.1, 0.15) is 0 Å². The van der Waals surface area contributed by atoms with Crippen LogP contribution in [0.2, 0.25) is 0 Å². The molecule has 90 valence electrons. The number of anilines is 1. The number of rotatable bonds is 1. The van der Waals surface area contributed by atoms with Crippen molar-refractivity contribution in [2.45, 2.75) is 6.04 Å². The Morgan fingerprint density at radius 1 is 1.00 bits per heavy atom. The molecule has 1 heterocycles. The molecule has 2 aromatic rings. The molecule has 3 nitrogen and oxygen atoms in total. The summed E-state index contributed by atoms with van der Waals surface area (Å²) in [7, 11) is 1.79. The summed E-state index contributed by atoms with van der Waals surface area (Å²) in [5.41, 5.74) is 3.20. The van der Waals surface area contributed by atoms with E-state index in [9.17, 15) is 4.79 Å². The van der Waals surface area contributed by atoms with Gasteiger partial charge in [0.05, 0.1) is 11.7 Å². The zero-order chi connectivity index (χ0) is 12.5. The molecule has 0 spiro atoms. The van der Waals surface area contributed by atoms with E-state index in [0.29, 0.717) is 0 Å². The molecule has 0 aromatic heterocycles. The van der Waals surface area contributed by atoms with Crippen molar-refractivity contribution in [3.63, 3.8) is 0 Å². The van der Waals surface area contributed by atoms with Gasteiger partial charge in [0.25, 0.3) is 0 Å². The van der Waals surface area contributed by atoms with Crippen molar-refractivity contribution >= 4 is 11.7 Å². The zero-order valence-corrected chi connectivity index (χ0v) is 10.1. The number of urea groups is 1. The van der Waals surface area contributed by atoms with Crippen molar-refractivity contribution in [1.82, 2.24) is 5.32 Å². The maximum Gasteiger partial charge on any atom is 0.322 e. The molecule has 0 saturated carbocycles. The van der Waals surface area contributed by atoms with Crippen molar-refractivity contribution in [2.24, 2.45) is 0 Å². The Hall–Kier alpha value is -2.29. The van der Waals surface area contributed by atoms with Crippen molar-refractivity contribution in [2.75, 3.05) is 11.9 Å². The summed E-state index contributed by atoms with van der Waals surface area (Å²) in [5.74, 6) is 0. The minimum absolute atomic E-state index is 0.0638. The van der Waals surface area contributed by atoms with Crippen molar-refractivity contribution in [1.29, 1.82) is 0 Å². The molecule has 1 aliphatic rings. The Balaban J connectivity index is 2.13. The number of hydrogen-bond acceptors (Lipinski definition) is 1. The maximum absolute atomic E-state index is 12.0. The third-order valence-electron chi connectivity index (χ3n) is 3.31. The second-order valence-corrected chi connectivity index (χ2v) is 4.41. The number of nitrogens with one attached hydrogen (secondary N) is 1. The number of benzene rings is 2. The summed E-state index contributed by atoms with van der Waals surface area (Å²) in [6.07, 6.45) is 0. The first-order chi connectivity index (χ1) is 8.77. The fraction of sp³-hybridized carbons (Fsp3) is 0.133. The lowest BCUT2D eigenvalue weighted by Gasteiger charge is -2.33. The maximum atomic E-state index is 12.0. The van der Waals surface area contributed by atoms with Gasteiger partial charge in [-0.2, -0.15) is 0 Å². The normalized spacial score (nSPS) is 18.2. The summed E-state index contributed by atoms with van der Waals surface area (Å²) in [4.78, 5) is 13.6. The topological polar surface area (TPSA) is 32.3 Å². The molecule has 1 atom stereocenters. The summed E-state index contributed by atoms with van der Waals surface area (Å²) >= 11 is 0. The van der Waals surface area contributed by atoms with Gasteiger partial charge in [-0.15, -0.1) is 0 Å². The fourth-order valence-corrected chi connectivity index (χ4v) is 2.35. The van der Waals surface area contributed by atoms with Crippen LogP contribution in [0.3, 0.4) is 0 Å². The number of nitrogens with zero attached hydrogens (tertiary/aromatic N) is 1. The van der Waals surface area contributed by atoms with Crippen LogP contribution in [0.4, 0.5) is 10.5 Å². The van der Waals surface area contributed by atoms with Crippen LogP contribution >= 0.6 is 0 Å². The van der Waals surface area contributed by atoms with Gasteiger partial charge in [-0.05, 0) is 11.6 Å². The zero-order valence-electron chi connectivity index (χ0n) is 10.1. The Bertz CT molecular complexity index is 580. The first-order valence-corrected chi connectivity index (χ1v) is 5.95. The minimum Gasteiger partial charge on any atom is -0.327 e. The predicted octanol–water partition coefficient (Wildman–Crippen LogP) is 2.94. The summed E-state index contributed by atoms with van der Waals surface area (Å²) in [6.45, 7) is 0. The second kappa shape index (κ2) is 4.18. The van der Waals surface area contributed by atoms with Crippen LogP contribution in [-0.4, -0.2) is 13.1 Å². The van der Waals surface area contributed by atoms with Gasteiger partial charge in [0.15, 0.2) is 0 Å². The molecule has 1 aliphatic heterocycles. The molecule has 0 aliphatic carbocycles. The molecular formula is C15H14N2O. The van der Waals surface area contributed by atoms with Gasteiger partial charge in [0.2, 0.25) is 0 Å². The van der Waals surface area contributed by atoms with Gasteiger partial charge < -0.3 is 5.32 Å². The highest BCUT2D eigenvalue weighted by Gasteiger charge is 2.28. The second-order valence-electron chi connectivity index (χ2n) is 4.41. The average molecular weight is 238 g/mol. The molecule has 3 heteroatoms. The summed E-state index contributed by atoms with van der Waals surface area (Å²) in [5, 5.41) is 3.03. The molecule has 1 N–H and O–H groups in total. The third kappa shape index (κ3) is 1.64. The van der Waals surface area contributed by atoms with E-state index in [0.717, 1.165) is 16.8 Å². The van der Waals surface area contributed by atoms with Crippen LogP contribution in [-0.2, 0) is 0 Å². The Labute approximate surface area is 106 Å². The van der Waals surface area contributed by atoms with E-state index in [1.165, 1.54) is 0 Å². The van der Waals surface area contributed by atoms with E-state index in [1.54, 1.807) is 11.9 Å². The molecule has 18 heavy (non-hydrogen) atoms. The van der Waals surface area contributed by atoms with Crippen LogP contribution in [0.5, 0.6) is 0 Å². The SMILES string of the molecule is CN1C(=O)NC(c2ccccc2)c2ccccc21. The van der Waals surface area contributed by atoms with Gasteiger partial charge >= 0.3 is 6.03 Å². The van der Waals surface area contributed by atoms with E-state index >= 15 is 0 Å². The number of carbonyl (C=O) groups is 1. The Morgan fingerprint density at radius 3 is 2.44 bits per heavy atom. The van der Waals surface area contributed by atoms with E-state index in [-0.39, 0.29) is 12.1 Å². The number of para-hydroxylation sites is 1. The lowest BCUT2D eigenvalue weighted by molar-refractivity contribution is 0.244. The third-order valence-corrected chi connectivity index (χ3v) is 3.31. The lowest BCUT2D eigenvalue weighted by atomic mass is 9.95. The molecule has 3 rings (SSSR count). The highest BCUT2D eigenvalue weighted by atomic mass is 16.2. The van der Waals surface area contributed by atoms with Crippen molar-refractivity contribution < 1.29 is 4.79 Å². The summed E-state index contributed by atoms with van der Waals surface area (Å²) in [6, 6.07) is 17.9. The molecule has 0 bridgehead atoms. The standard InChI is InChI=1S/C15H14N2O/c1-17-13-10-6-5-9-12(13)14(16-15(17)18)11-7-3-2-4-8-11/h2-10,14H,1H3,(H,16,18). The molecular weight excluding hydrogens is 224 g/mol. The number of carbonyl (C=O) groups excluding carboxylic acids is 1. The molecule has 2 amide bonds. The Morgan fingerprint density at radius 2 is 1.67 bits per heavy atom. The number of hydrogen-bond donors (Lipinski definition) is 1. The first kappa shape index (κ1) is 10.8. The highest BCUT2D eigenvalue weighted by Crippen LogP contribution is 2.33. The largest absolute Gasteiger partial charge is 0.327 e. The molecule has 1 unspecified atom stereocenters. The van der Waals surface area contributed by atoms with Crippen LogP contribution in [0.25, 0.3) is 0 Å². The molecule has 0 radical (unpaired) electrons. The minimum atomic E-state index is -0.0671. The Kier molecular flexibility index (Phi) is 2.52. The fourth-order valence-electron chi connectivity index (χ4n) is 2.35. The first-order valence-electron chi connectivity index (χ1n) is 5.95. The van der Waals surface area contributed by atoms with Crippen LogP contribution < -0.4 is 10.2 Å². The van der Waals surface area contributed by atoms with E-state index in [2.05, 4.69) is 11.4 Å². The van der Waals surface area contributed by atoms with Crippen molar-refractivity contribution in [3.05, 3.63) is 65.7 Å². The predicted molar refractivity (Wildman–Crippen MR) is 71.7 cm³/mol. The van der Waals surface area contributed by atoms with Gasteiger partial charge in [-0.3, -0.25) is 4.90 Å². The molecule has 2 aromatic carbocycles. The van der Waals surface area contributed by atoms with Crippen LogP contribution in [0.1, 0.15) is 17.2 Å². The van der Waals surface area contributed by atoms with Crippen LogP contribution in [0, 0.1) is 0 Å². The van der Waals surface area contributed by atoms with E-state index in [4.69, 9.17) is 0 Å². The molecule has 0 fully saturated rings. The lowest BCUT2D eigenvalue weighted by Crippen LogP contribution is -2.44.